The number of ether oxygens (including phenoxy) is 1. The average molecular weight is 459 g/mol. The van der Waals surface area contributed by atoms with Crippen LogP contribution in [0.5, 0.6) is 5.75 Å². The van der Waals surface area contributed by atoms with Gasteiger partial charge in [0.15, 0.2) is 5.03 Å². The number of methoxy groups -OCH3 is 1. The van der Waals surface area contributed by atoms with E-state index in [-0.39, 0.29) is 5.03 Å². The predicted molar refractivity (Wildman–Crippen MR) is 126 cm³/mol. The second-order valence-electron chi connectivity index (χ2n) is 7.74. The minimum atomic E-state index is -3.84. The molecule has 2 aromatic heterocycles. The molecule has 0 amide bonds. The number of piperazine rings is 1. The molecule has 164 valence electrons. The van der Waals surface area contributed by atoms with E-state index in [9.17, 15) is 8.42 Å². The van der Waals surface area contributed by atoms with Crippen molar-refractivity contribution in [2.45, 2.75) is 31.0 Å². The zero-order valence-electron chi connectivity index (χ0n) is 17.7. The van der Waals surface area contributed by atoms with Crippen molar-refractivity contribution in [2.24, 2.45) is 0 Å². The highest BCUT2D eigenvalue weighted by molar-refractivity contribution is 7.92. The summed E-state index contributed by atoms with van der Waals surface area (Å²) in [5.74, 6) is 0.710. The van der Waals surface area contributed by atoms with E-state index in [1.54, 1.807) is 42.7 Å². The Bertz CT molecular complexity index is 1140. The average Bonchev–Trinajstić information content (AvgIpc) is 3.28. The Kier molecular flexibility index (Phi) is 6.17. The van der Waals surface area contributed by atoms with Crippen molar-refractivity contribution in [2.75, 3.05) is 29.8 Å². The van der Waals surface area contributed by atoms with E-state index in [2.05, 4.69) is 33.8 Å². The monoisotopic (exact) mass is 458 g/mol. The Morgan fingerprint density at radius 1 is 1.16 bits per heavy atom. The van der Waals surface area contributed by atoms with E-state index in [4.69, 9.17) is 4.74 Å². The standard InChI is InChI=1S/C22H26N4O3S2/c1-15-12-26(13-16(2)23-15)20-11-18(7-8-21(20)29-3)25-31(27,28)22-6-4-5-19(24-22)17-9-10-30-14-17/h4-11,14-16,23,25H,12-13H2,1-3H3/t15-,16+. The summed E-state index contributed by atoms with van der Waals surface area (Å²) in [6.07, 6.45) is 0. The first-order chi connectivity index (χ1) is 14.9. The number of rotatable bonds is 6. The summed E-state index contributed by atoms with van der Waals surface area (Å²) in [4.78, 5) is 6.58. The van der Waals surface area contributed by atoms with Crippen molar-refractivity contribution in [3.05, 3.63) is 53.2 Å². The van der Waals surface area contributed by atoms with Gasteiger partial charge in [0.25, 0.3) is 10.0 Å². The maximum absolute atomic E-state index is 13.0. The molecular formula is C22H26N4O3S2. The molecule has 7 nitrogen and oxygen atoms in total. The fourth-order valence-corrected chi connectivity index (χ4v) is 5.53. The predicted octanol–water partition coefficient (Wildman–Crippen LogP) is 3.81. The number of benzene rings is 1. The lowest BCUT2D eigenvalue weighted by Gasteiger charge is -2.38. The lowest BCUT2D eigenvalue weighted by atomic mass is 10.1. The molecule has 1 saturated heterocycles. The highest BCUT2D eigenvalue weighted by Gasteiger charge is 2.24. The third-order valence-corrected chi connectivity index (χ3v) is 7.11. The summed E-state index contributed by atoms with van der Waals surface area (Å²) in [5, 5.41) is 7.37. The van der Waals surface area contributed by atoms with Gasteiger partial charge in [0.2, 0.25) is 0 Å². The minimum absolute atomic E-state index is 0.0158. The van der Waals surface area contributed by atoms with Crippen LogP contribution in [0.2, 0.25) is 0 Å². The third kappa shape index (κ3) is 4.84. The number of anilines is 2. The quantitative estimate of drug-likeness (QED) is 0.585. The molecule has 1 aliphatic heterocycles. The first kappa shape index (κ1) is 21.6. The van der Waals surface area contributed by atoms with Gasteiger partial charge in [-0.05, 0) is 55.6 Å². The molecule has 31 heavy (non-hydrogen) atoms. The van der Waals surface area contributed by atoms with Crippen LogP contribution < -0.4 is 19.7 Å². The summed E-state index contributed by atoms with van der Waals surface area (Å²) in [6.45, 7) is 5.88. The molecule has 3 heterocycles. The number of sulfonamides is 1. The van der Waals surface area contributed by atoms with Crippen molar-refractivity contribution >= 4 is 32.7 Å². The van der Waals surface area contributed by atoms with Crippen LogP contribution in [0.1, 0.15) is 13.8 Å². The summed E-state index contributed by atoms with van der Waals surface area (Å²) < 4.78 is 34.3. The van der Waals surface area contributed by atoms with Gasteiger partial charge in [-0.3, -0.25) is 4.72 Å². The van der Waals surface area contributed by atoms with Crippen molar-refractivity contribution < 1.29 is 13.2 Å². The zero-order valence-corrected chi connectivity index (χ0v) is 19.3. The number of pyridine rings is 1. The molecule has 2 atom stereocenters. The van der Waals surface area contributed by atoms with E-state index < -0.39 is 10.0 Å². The Morgan fingerprint density at radius 2 is 1.94 bits per heavy atom. The van der Waals surface area contributed by atoms with Gasteiger partial charge in [-0.25, -0.2) is 4.98 Å². The number of hydrogen-bond acceptors (Lipinski definition) is 7. The Labute approximate surface area is 187 Å². The molecule has 0 saturated carbocycles. The minimum Gasteiger partial charge on any atom is -0.495 e. The van der Waals surface area contributed by atoms with Crippen LogP contribution in [0.15, 0.2) is 58.3 Å². The molecule has 0 spiro atoms. The van der Waals surface area contributed by atoms with Crippen LogP contribution in [0.3, 0.4) is 0 Å². The fourth-order valence-electron chi connectivity index (χ4n) is 3.87. The summed E-state index contributed by atoms with van der Waals surface area (Å²) in [5.41, 5.74) is 2.86. The third-order valence-electron chi connectivity index (χ3n) is 5.15. The van der Waals surface area contributed by atoms with Gasteiger partial charge in [-0.2, -0.15) is 19.8 Å². The number of aromatic nitrogens is 1. The van der Waals surface area contributed by atoms with Crippen LogP contribution in [0, 0.1) is 0 Å². The van der Waals surface area contributed by atoms with E-state index >= 15 is 0 Å². The van der Waals surface area contributed by atoms with Gasteiger partial charge in [-0.15, -0.1) is 0 Å². The molecule has 0 radical (unpaired) electrons. The first-order valence-corrected chi connectivity index (χ1v) is 12.5. The van der Waals surface area contributed by atoms with Crippen LogP contribution in [-0.4, -0.2) is 45.7 Å². The van der Waals surface area contributed by atoms with E-state index in [0.717, 1.165) is 24.3 Å². The van der Waals surface area contributed by atoms with E-state index in [1.807, 2.05) is 22.9 Å². The van der Waals surface area contributed by atoms with Gasteiger partial charge >= 0.3 is 0 Å². The van der Waals surface area contributed by atoms with Crippen molar-refractivity contribution in [1.82, 2.24) is 10.3 Å². The molecule has 1 aromatic carbocycles. The summed E-state index contributed by atoms with van der Waals surface area (Å²) >= 11 is 1.54. The largest absolute Gasteiger partial charge is 0.495 e. The highest BCUT2D eigenvalue weighted by Crippen LogP contribution is 2.33. The second kappa shape index (κ2) is 8.86. The SMILES string of the molecule is COc1ccc(NS(=O)(=O)c2cccc(-c3ccsc3)n2)cc1N1C[C@@H](C)N[C@@H](C)C1. The smallest absolute Gasteiger partial charge is 0.279 e. The molecule has 4 rings (SSSR count). The van der Waals surface area contributed by atoms with Gasteiger partial charge in [0.1, 0.15) is 5.75 Å². The normalized spacial score (nSPS) is 19.3. The van der Waals surface area contributed by atoms with Crippen LogP contribution in [0.25, 0.3) is 11.3 Å². The summed E-state index contributed by atoms with van der Waals surface area (Å²) in [6, 6.07) is 12.9. The van der Waals surface area contributed by atoms with Gasteiger partial charge < -0.3 is 15.0 Å². The van der Waals surface area contributed by atoms with E-state index in [1.165, 1.54) is 6.07 Å². The second-order valence-corrected chi connectivity index (χ2v) is 10.1. The van der Waals surface area contributed by atoms with Crippen LogP contribution in [-0.2, 0) is 10.0 Å². The number of hydrogen-bond donors (Lipinski definition) is 2. The van der Waals surface area contributed by atoms with Gasteiger partial charge in [0, 0.05) is 36.1 Å². The Hall–Kier alpha value is -2.62. The molecule has 9 heteroatoms. The zero-order chi connectivity index (χ0) is 22.0. The maximum Gasteiger partial charge on any atom is 0.279 e. The molecule has 0 aliphatic carbocycles. The molecule has 2 N–H and O–H groups in total. The lowest BCUT2D eigenvalue weighted by Crippen LogP contribution is -2.54. The van der Waals surface area contributed by atoms with Crippen molar-refractivity contribution in [3.8, 4) is 17.0 Å². The Morgan fingerprint density at radius 3 is 2.61 bits per heavy atom. The number of thiophene rings is 1. The lowest BCUT2D eigenvalue weighted by molar-refractivity contribution is 0.391. The summed E-state index contributed by atoms with van der Waals surface area (Å²) in [7, 11) is -2.22. The topological polar surface area (TPSA) is 83.6 Å². The first-order valence-electron chi connectivity index (χ1n) is 10.1. The fraction of sp³-hybridized carbons (Fsp3) is 0.318. The van der Waals surface area contributed by atoms with Gasteiger partial charge in [-0.1, -0.05) is 6.07 Å². The highest BCUT2D eigenvalue weighted by atomic mass is 32.2. The van der Waals surface area contributed by atoms with Crippen molar-refractivity contribution in [1.29, 1.82) is 0 Å². The van der Waals surface area contributed by atoms with E-state index in [0.29, 0.717) is 29.2 Å². The maximum atomic E-state index is 13.0. The Balaban J connectivity index is 1.62. The molecule has 1 aliphatic rings. The van der Waals surface area contributed by atoms with Crippen LogP contribution >= 0.6 is 11.3 Å². The molecule has 0 bridgehead atoms. The molecule has 3 aromatic rings. The number of nitrogens with one attached hydrogen (secondary N) is 2. The molecular weight excluding hydrogens is 432 g/mol. The van der Waals surface area contributed by atoms with Crippen molar-refractivity contribution in [3.63, 3.8) is 0 Å². The number of nitrogens with zero attached hydrogens (tertiary/aromatic N) is 2. The molecule has 0 unspecified atom stereocenters. The van der Waals surface area contributed by atoms with Crippen LogP contribution in [0.4, 0.5) is 11.4 Å². The molecule has 1 fully saturated rings. The van der Waals surface area contributed by atoms with Gasteiger partial charge in [0.05, 0.1) is 24.2 Å².